The van der Waals surface area contributed by atoms with Gasteiger partial charge in [-0.15, -0.1) is 0 Å². The smallest absolute Gasteiger partial charge is 0.123 e. The van der Waals surface area contributed by atoms with Crippen molar-refractivity contribution in [3.8, 4) is 0 Å². The minimum atomic E-state index is -1.22. The van der Waals surface area contributed by atoms with Gasteiger partial charge in [-0.3, -0.25) is 4.21 Å². The summed E-state index contributed by atoms with van der Waals surface area (Å²) in [5.74, 6) is 0.0712. The van der Waals surface area contributed by atoms with E-state index in [1.54, 1.807) is 12.1 Å². The fraction of sp³-hybridized carbons (Fsp3) is 0.200. The van der Waals surface area contributed by atoms with E-state index in [2.05, 4.69) is 0 Å². The zero-order valence-corrected chi connectivity index (χ0v) is 11.8. The molecule has 0 aliphatic rings. The van der Waals surface area contributed by atoms with Crippen molar-refractivity contribution in [1.29, 1.82) is 0 Å². The fourth-order valence-corrected chi connectivity index (χ4v) is 3.29. The first-order valence-electron chi connectivity index (χ1n) is 5.97. The van der Waals surface area contributed by atoms with E-state index in [1.807, 2.05) is 26.0 Å². The van der Waals surface area contributed by atoms with Gasteiger partial charge in [0.1, 0.15) is 5.82 Å². The lowest BCUT2D eigenvalue weighted by atomic mass is 10.1. The van der Waals surface area contributed by atoms with Crippen molar-refractivity contribution in [2.24, 2.45) is 0 Å². The zero-order chi connectivity index (χ0) is 14.0. The Hall–Kier alpha value is -1.68. The van der Waals surface area contributed by atoms with Gasteiger partial charge >= 0.3 is 0 Å². The maximum atomic E-state index is 13.0. The Labute approximate surface area is 114 Å². The standard InChI is InChI=1S/C15H16FNOS/c1-10-4-3-5-14(15(10)17)19(18)9-12-6-7-13(16)8-11(12)2/h3-8H,9,17H2,1-2H3. The minimum absolute atomic E-state index is 0.276. The number of halogens is 1. The third kappa shape index (κ3) is 3.01. The highest BCUT2D eigenvalue weighted by Gasteiger charge is 2.11. The van der Waals surface area contributed by atoms with E-state index >= 15 is 0 Å². The lowest BCUT2D eigenvalue weighted by molar-refractivity contribution is 0.626. The number of hydrogen-bond acceptors (Lipinski definition) is 2. The van der Waals surface area contributed by atoms with E-state index < -0.39 is 10.8 Å². The molecule has 0 aromatic heterocycles. The normalized spacial score (nSPS) is 12.4. The summed E-state index contributed by atoms with van der Waals surface area (Å²) in [6.45, 7) is 3.70. The molecular weight excluding hydrogens is 261 g/mol. The molecule has 0 heterocycles. The first kappa shape index (κ1) is 13.7. The maximum Gasteiger partial charge on any atom is 0.123 e. The second kappa shape index (κ2) is 5.53. The van der Waals surface area contributed by atoms with E-state index in [0.29, 0.717) is 16.3 Å². The summed E-state index contributed by atoms with van der Waals surface area (Å²) in [7, 11) is -1.22. The SMILES string of the molecule is Cc1cc(F)ccc1CS(=O)c1cccc(C)c1N. The van der Waals surface area contributed by atoms with Crippen LogP contribution in [0.3, 0.4) is 0 Å². The molecule has 0 radical (unpaired) electrons. The van der Waals surface area contributed by atoms with Crippen LogP contribution in [0.4, 0.5) is 10.1 Å². The summed E-state index contributed by atoms with van der Waals surface area (Å²) in [6.07, 6.45) is 0. The first-order chi connectivity index (χ1) is 8.99. The quantitative estimate of drug-likeness (QED) is 0.874. The third-order valence-electron chi connectivity index (χ3n) is 3.12. The summed E-state index contributed by atoms with van der Waals surface area (Å²) in [5.41, 5.74) is 9.12. The second-order valence-electron chi connectivity index (χ2n) is 4.55. The molecule has 1 atom stereocenters. The number of para-hydroxylation sites is 1. The van der Waals surface area contributed by atoms with Crippen molar-refractivity contribution < 1.29 is 8.60 Å². The average molecular weight is 277 g/mol. The molecule has 2 nitrogen and oxygen atoms in total. The number of nitrogen functional groups attached to an aromatic ring is 1. The van der Waals surface area contributed by atoms with Gasteiger partial charge in [-0.25, -0.2) is 4.39 Å². The summed E-state index contributed by atoms with van der Waals surface area (Å²) >= 11 is 0. The number of anilines is 1. The summed E-state index contributed by atoms with van der Waals surface area (Å²) in [6, 6.07) is 10.0. The van der Waals surface area contributed by atoms with Gasteiger partial charge in [0, 0.05) is 0 Å². The Balaban J connectivity index is 2.28. The Morgan fingerprint density at radius 3 is 2.58 bits per heavy atom. The molecule has 2 rings (SSSR count). The van der Waals surface area contributed by atoms with Gasteiger partial charge in [-0.1, -0.05) is 18.2 Å². The van der Waals surface area contributed by atoms with Crippen molar-refractivity contribution in [2.75, 3.05) is 5.73 Å². The Morgan fingerprint density at radius 2 is 1.89 bits per heavy atom. The largest absolute Gasteiger partial charge is 0.398 e. The van der Waals surface area contributed by atoms with E-state index in [-0.39, 0.29) is 5.82 Å². The van der Waals surface area contributed by atoms with Crippen LogP contribution in [0, 0.1) is 19.7 Å². The third-order valence-corrected chi connectivity index (χ3v) is 4.54. The van der Waals surface area contributed by atoms with Crippen LogP contribution >= 0.6 is 0 Å². The fourth-order valence-electron chi connectivity index (χ4n) is 1.89. The van der Waals surface area contributed by atoms with Crippen molar-refractivity contribution in [3.63, 3.8) is 0 Å². The average Bonchev–Trinajstić information content (AvgIpc) is 2.36. The number of rotatable bonds is 3. The lowest BCUT2D eigenvalue weighted by Crippen LogP contribution is -2.03. The molecule has 0 fully saturated rings. The Morgan fingerprint density at radius 1 is 1.16 bits per heavy atom. The monoisotopic (exact) mass is 277 g/mol. The van der Waals surface area contributed by atoms with Crippen molar-refractivity contribution in [2.45, 2.75) is 24.5 Å². The van der Waals surface area contributed by atoms with Gasteiger partial charge in [0.2, 0.25) is 0 Å². The highest BCUT2D eigenvalue weighted by molar-refractivity contribution is 7.84. The zero-order valence-electron chi connectivity index (χ0n) is 10.9. The lowest BCUT2D eigenvalue weighted by Gasteiger charge is -2.09. The second-order valence-corrected chi connectivity index (χ2v) is 5.97. The van der Waals surface area contributed by atoms with E-state index in [9.17, 15) is 8.60 Å². The molecule has 100 valence electrons. The topological polar surface area (TPSA) is 43.1 Å². The van der Waals surface area contributed by atoms with Crippen LogP contribution in [0.5, 0.6) is 0 Å². The van der Waals surface area contributed by atoms with Crippen LogP contribution in [-0.2, 0) is 16.6 Å². The van der Waals surface area contributed by atoms with Crippen LogP contribution in [0.15, 0.2) is 41.3 Å². The molecule has 2 N–H and O–H groups in total. The molecule has 0 saturated heterocycles. The highest BCUT2D eigenvalue weighted by atomic mass is 32.2. The summed E-state index contributed by atoms with van der Waals surface area (Å²) in [5, 5.41) is 0. The van der Waals surface area contributed by atoms with Crippen molar-refractivity contribution >= 4 is 16.5 Å². The molecule has 19 heavy (non-hydrogen) atoms. The maximum absolute atomic E-state index is 13.0. The summed E-state index contributed by atoms with van der Waals surface area (Å²) in [4.78, 5) is 0.642. The van der Waals surface area contributed by atoms with E-state index in [1.165, 1.54) is 12.1 Å². The van der Waals surface area contributed by atoms with Gasteiger partial charge in [0.05, 0.1) is 27.1 Å². The summed E-state index contributed by atoms with van der Waals surface area (Å²) < 4.78 is 25.4. The Kier molecular flexibility index (Phi) is 4.00. The molecule has 0 aliphatic heterocycles. The van der Waals surface area contributed by atoms with Crippen LogP contribution in [0.1, 0.15) is 16.7 Å². The van der Waals surface area contributed by atoms with Crippen LogP contribution in [0.2, 0.25) is 0 Å². The minimum Gasteiger partial charge on any atom is -0.398 e. The number of hydrogen-bond donors (Lipinski definition) is 1. The molecule has 0 saturated carbocycles. The van der Waals surface area contributed by atoms with Gasteiger partial charge in [-0.05, 0) is 48.7 Å². The molecule has 2 aromatic carbocycles. The van der Waals surface area contributed by atoms with Crippen LogP contribution < -0.4 is 5.73 Å². The number of aryl methyl sites for hydroxylation is 2. The number of nitrogens with two attached hydrogens (primary N) is 1. The van der Waals surface area contributed by atoms with Crippen molar-refractivity contribution in [3.05, 3.63) is 58.9 Å². The van der Waals surface area contributed by atoms with E-state index in [4.69, 9.17) is 5.73 Å². The van der Waals surface area contributed by atoms with Gasteiger partial charge < -0.3 is 5.73 Å². The molecule has 0 aliphatic carbocycles. The van der Waals surface area contributed by atoms with E-state index in [0.717, 1.165) is 16.7 Å². The highest BCUT2D eigenvalue weighted by Crippen LogP contribution is 2.23. The molecule has 0 bridgehead atoms. The molecule has 1 unspecified atom stereocenters. The predicted octanol–water partition coefficient (Wildman–Crippen LogP) is 3.33. The molecule has 2 aromatic rings. The van der Waals surface area contributed by atoms with Crippen molar-refractivity contribution in [1.82, 2.24) is 0 Å². The van der Waals surface area contributed by atoms with Gasteiger partial charge in [-0.2, -0.15) is 0 Å². The molecular formula is C15H16FNOS. The first-order valence-corrected chi connectivity index (χ1v) is 7.29. The van der Waals surface area contributed by atoms with Crippen LogP contribution in [0.25, 0.3) is 0 Å². The van der Waals surface area contributed by atoms with Gasteiger partial charge in [0.25, 0.3) is 0 Å². The molecule has 4 heteroatoms. The molecule has 0 spiro atoms. The Bertz CT molecular complexity index is 640. The van der Waals surface area contributed by atoms with Crippen LogP contribution in [-0.4, -0.2) is 4.21 Å². The van der Waals surface area contributed by atoms with Gasteiger partial charge in [0.15, 0.2) is 0 Å². The number of benzene rings is 2. The predicted molar refractivity (Wildman–Crippen MR) is 76.8 cm³/mol. The molecule has 0 amide bonds.